The zero-order chi connectivity index (χ0) is 12.5. The number of nitrogen functional groups attached to an aromatic ring is 1. The van der Waals surface area contributed by atoms with Gasteiger partial charge in [-0.3, -0.25) is 0 Å². The summed E-state index contributed by atoms with van der Waals surface area (Å²) in [4.78, 5) is 10.2. The Labute approximate surface area is 106 Å². The predicted octanol–water partition coefficient (Wildman–Crippen LogP) is 1.65. The van der Waals surface area contributed by atoms with Crippen LogP contribution in [0.25, 0.3) is 11.0 Å². The van der Waals surface area contributed by atoms with Crippen molar-refractivity contribution in [1.82, 2.24) is 14.9 Å². The van der Waals surface area contributed by atoms with Crippen LogP contribution < -0.4 is 11.1 Å². The number of nitrogens with one attached hydrogen (secondary N) is 2. The summed E-state index contributed by atoms with van der Waals surface area (Å²) in [7, 11) is 2.17. The van der Waals surface area contributed by atoms with Crippen molar-refractivity contribution in [2.45, 2.75) is 18.9 Å². The third-order valence-corrected chi connectivity index (χ3v) is 3.57. The number of fused-ring (bicyclic) bond motifs is 1. The number of nitrogens with two attached hydrogens (primary N) is 1. The maximum absolute atomic E-state index is 5.76. The van der Waals surface area contributed by atoms with Crippen molar-refractivity contribution in [3.05, 3.63) is 18.2 Å². The minimum absolute atomic E-state index is 0.513. The number of hydrogen-bond acceptors (Lipinski definition) is 4. The number of hydrogen-bond donors (Lipinski definition) is 3. The van der Waals surface area contributed by atoms with E-state index in [1.165, 1.54) is 0 Å². The fourth-order valence-corrected chi connectivity index (χ4v) is 2.44. The highest BCUT2D eigenvalue weighted by Crippen LogP contribution is 2.19. The molecule has 1 fully saturated rings. The van der Waals surface area contributed by atoms with E-state index in [4.69, 9.17) is 5.73 Å². The molecule has 1 aliphatic rings. The van der Waals surface area contributed by atoms with Gasteiger partial charge in [0.05, 0.1) is 11.0 Å². The first kappa shape index (κ1) is 11.3. The van der Waals surface area contributed by atoms with Crippen LogP contribution in [0.1, 0.15) is 12.8 Å². The quantitative estimate of drug-likeness (QED) is 0.704. The summed E-state index contributed by atoms with van der Waals surface area (Å²) in [5.74, 6) is 0.852. The molecule has 4 N–H and O–H groups in total. The van der Waals surface area contributed by atoms with E-state index in [1.807, 2.05) is 18.2 Å². The van der Waals surface area contributed by atoms with Gasteiger partial charge in [-0.1, -0.05) is 0 Å². The zero-order valence-electron chi connectivity index (χ0n) is 10.6. The van der Waals surface area contributed by atoms with Crippen LogP contribution in [0, 0.1) is 0 Å². The number of aromatic nitrogens is 2. The molecule has 96 valence electrons. The SMILES string of the molecule is CN1CCC(Nc2nc3ccc(N)cc3[nH]2)CC1. The van der Waals surface area contributed by atoms with E-state index in [1.54, 1.807) is 0 Å². The van der Waals surface area contributed by atoms with Crippen LogP contribution in [0.2, 0.25) is 0 Å². The third-order valence-electron chi connectivity index (χ3n) is 3.57. The van der Waals surface area contributed by atoms with E-state index in [0.717, 1.165) is 48.6 Å². The van der Waals surface area contributed by atoms with Crippen molar-refractivity contribution < 1.29 is 0 Å². The first-order valence-corrected chi connectivity index (χ1v) is 6.41. The van der Waals surface area contributed by atoms with Gasteiger partial charge in [0.25, 0.3) is 0 Å². The molecule has 0 atom stereocenters. The monoisotopic (exact) mass is 245 g/mol. The number of aromatic amines is 1. The topological polar surface area (TPSA) is 70.0 Å². The summed E-state index contributed by atoms with van der Waals surface area (Å²) in [5, 5.41) is 3.48. The smallest absolute Gasteiger partial charge is 0.201 e. The second-order valence-corrected chi connectivity index (χ2v) is 5.08. The van der Waals surface area contributed by atoms with Crippen LogP contribution in [-0.2, 0) is 0 Å². The molecule has 5 heteroatoms. The molecular formula is C13H19N5. The molecule has 5 nitrogen and oxygen atoms in total. The molecule has 0 aliphatic carbocycles. The summed E-state index contributed by atoms with van der Waals surface area (Å²) in [6, 6.07) is 6.25. The number of piperidine rings is 1. The van der Waals surface area contributed by atoms with Crippen molar-refractivity contribution in [2.24, 2.45) is 0 Å². The minimum Gasteiger partial charge on any atom is -0.399 e. The molecule has 1 aromatic carbocycles. The van der Waals surface area contributed by atoms with E-state index in [-0.39, 0.29) is 0 Å². The first-order chi connectivity index (χ1) is 8.70. The third kappa shape index (κ3) is 2.26. The summed E-state index contributed by atoms with van der Waals surface area (Å²) in [6.45, 7) is 2.29. The van der Waals surface area contributed by atoms with Gasteiger partial charge < -0.3 is 20.9 Å². The second kappa shape index (κ2) is 4.49. The Morgan fingerprint density at radius 3 is 2.94 bits per heavy atom. The number of H-pyrrole nitrogens is 1. The van der Waals surface area contributed by atoms with Crippen molar-refractivity contribution >= 4 is 22.7 Å². The van der Waals surface area contributed by atoms with E-state index in [0.29, 0.717) is 6.04 Å². The highest BCUT2D eigenvalue weighted by atomic mass is 15.2. The summed E-state index contributed by atoms with van der Waals surface area (Å²) < 4.78 is 0. The van der Waals surface area contributed by atoms with Gasteiger partial charge in [0.2, 0.25) is 5.95 Å². The molecule has 1 aromatic heterocycles. The van der Waals surface area contributed by atoms with E-state index < -0.39 is 0 Å². The average Bonchev–Trinajstić information content (AvgIpc) is 2.73. The molecule has 3 rings (SSSR count). The molecule has 2 heterocycles. The van der Waals surface area contributed by atoms with Crippen LogP contribution in [0.5, 0.6) is 0 Å². The fourth-order valence-electron chi connectivity index (χ4n) is 2.44. The van der Waals surface area contributed by atoms with Gasteiger partial charge in [-0.05, 0) is 51.2 Å². The zero-order valence-corrected chi connectivity index (χ0v) is 10.6. The minimum atomic E-state index is 0.513. The van der Waals surface area contributed by atoms with Gasteiger partial charge in [0, 0.05) is 11.7 Å². The van der Waals surface area contributed by atoms with Crippen LogP contribution in [0.3, 0.4) is 0 Å². The molecule has 0 spiro atoms. The summed E-state index contributed by atoms with van der Waals surface area (Å²) in [5.41, 5.74) is 8.47. The number of nitrogens with zero attached hydrogens (tertiary/aromatic N) is 2. The number of anilines is 2. The Morgan fingerprint density at radius 2 is 2.17 bits per heavy atom. The van der Waals surface area contributed by atoms with Crippen LogP contribution in [0.15, 0.2) is 18.2 Å². The van der Waals surface area contributed by atoms with Crippen molar-refractivity contribution in [1.29, 1.82) is 0 Å². The number of rotatable bonds is 2. The van der Waals surface area contributed by atoms with Crippen molar-refractivity contribution in [3.8, 4) is 0 Å². The Morgan fingerprint density at radius 1 is 1.39 bits per heavy atom. The Hall–Kier alpha value is -1.75. The lowest BCUT2D eigenvalue weighted by Crippen LogP contribution is -2.36. The first-order valence-electron chi connectivity index (χ1n) is 6.41. The molecule has 0 bridgehead atoms. The lowest BCUT2D eigenvalue weighted by molar-refractivity contribution is 0.263. The predicted molar refractivity (Wildman–Crippen MR) is 74.6 cm³/mol. The largest absolute Gasteiger partial charge is 0.399 e. The lowest BCUT2D eigenvalue weighted by Gasteiger charge is -2.29. The van der Waals surface area contributed by atoms with Gasteiger partial charge in [0.1, 0.15) is 0 Å². The van der Waals surface area contributed by atoms with Gasteiger partial charge in [-0.25, -0.2) is 4.98 Å². The maximum Gasteiger partial charge on any atom is 0.201 e. The Balaban J connectivity index is 1.74. The summed E-state index contributed by atoms with van der Waals surface area (Å²) in [6.07, 6.45) is 2.32. The lowest BCUT2D eigenvalue weighted by atomic mass is 10.1. The summed E-state index contributed by atoms with van der Waals surface area (Å²) >= 11 is 0. The molecule has 18 heavy (non-hydrogen) atoms. The van der Waals surface area contributed by atoms with Gasteiger partial charge in [-0.15, -0.1) is 0 Å². The molecule has 0 saturated carbocycles. The van der Waals surface area contributed by atoms with Gasteiger partial charge in [0.15, 0.2) is 0 Å². The van der Waals surface area contributed by atoms with Crippen molar-refractivity contribution in [3.63, 3.8) is 0 Å². The molecule has 0 amide bonds. The van der Waals surface area contributed by atoms with E-state index in [9.17, 15) is 0 Å². The highest BCUT2D eigenvalue weighted by Gasteiger charge is 2.17. The van der Waals surface area contributed by atoms with Crippen LogP contribution >= 0.6 is 0 Å². The molecule has 0 unspecified atom stereocenters. The molecule has 1 saturated heterocycles. The fraction of sp³-hybridized carbons (Fsp3) is 0.462. The van der Waals surface area contributed by atoms with E-state index in [2.05, 4.69) is 27.2 Å². The molecule has 2 aromatic rings. The maximum atomic E-state index is 5.76. The van der Waals surface area contributed by atoms with Gasteiger partial charge >= 0.3 is 0 Å². The van der Waals surface area contributed by atoms with Crippen molar-refractivity contribution in [2.75, 3.05) is 31.2 Å². The average molecular weight is 245 g/mol. The number of imidazole rings is 1. The van der Waals surface area contributed by atoms with E-state index >= 15 is 0 Å². The second-order valence-electron chi connectivity index (χ2n) is 5.08. The standard InChI is InChI=1S/C13H19N5/c1-18-6-4-10(5-7-18)15-13-16-11-3-2-9(14)8-12(11)17-13/h2-3,8,10H,4-7,14H2,1H3,(H2,15,16,17). The van der Waals surface area contributed by atoms with Gasteiger partial charge in [-0.2, -0.15) is 0 Å². The molecule has 1 aliphatic heterocycles. The van der Waals surface area contributed by atoms with Crippen LogP contribution in [-0.4, -0.2) is 41.0 Å². The number of benzene rings is 1. The normalized spacial score (nSPS) is 18.3. The van der Waals surface area contributed by atoms with Crippen LogP contribution in [0.4, 0.5) is 11.6 Å². The molecular weight excluding hydrogens is 226 g/mol. The number of likely N-dealkylation sites (tertiary alicyclic amines) is 1. The molecule has 0 radical (unpaired) electrons. The Bertz CT molecular complexity index is 539. The Kier molecular flexibility index (Phi) is 2.83. The highest BCUT2D eigenvalue weighted by molar-refractivity contribution is 5.80.